The molecule has 6 heteroatoms. The largest absolute Gasteiger partial charge is 0.497 e. The predicted molar refractivity (Wildman–Crippen MR) is 103 cm³/mol. The number of amides is 1. The monoisotopic (exact) mass is 367 g/mol. The van der Waals surface area contributed by atoms with E-state index in [-0.39, 0.29) is 5.91 Å². The van der Waals surface area contributed by atoms with Gasteiger partial charge in [0.1, 0.15) is 5.75 Å². The van der Waals surface area contributed by atoms with Gasteiger partial charge in [0.05, 0.1) is 18.2 Å². The Kier molecular flexibility index (Phi) is 4.28. The first-order valence-corrected chi connectivity index (χ1v) is 9.40. The average molecular weight is 367 g/mol. The standard InChI is InChI=1S/C20H21N3O2S/c1-22(11-13-10-21-23(2)12-13)20(24)18-9-15-5-4-14-8-16(25-3)6-7-17(14)19(15)26-18/h6-10,12H,4-5,11H2,1-3H3. The molecule has 0 spiro atoms. The van der Waals surface area contributed by atoms with Gasteiger partial charge in [-0.2, -0.15) is 5.10 Å². The molecule has 3 aromatic rings. The maximum atomic E-state index is 12.9. The minimum Gasteiger partial charge on any atom is -0.497 e. The molecule has 1 amide bonds. The van der Waals surface area contributed by atoms with Gasteiger partial charge < -0.3 is 9.64 Å². The van der Waals surface area contributed by atoms with E-state index in [1.54, 1.807) is 34.2 Å². The Hall–Kier alpha value is -2.60. The molecule has 0 atom stereocenters. The number of fused-ring (bicyclic) bond motifs is 3. The summed E-state index contributed by atoms with van der Waals surface area (Å²) in [6, 6.07) is 8.27. The molecule has 2 aromatic heterocycles. The van der Waals surface area contributed by atoms with Crippen molar-refractivity contribution in [3.63, 3.8) is 0 Å². The van der Waals surface area contributed by atoms with Gasteiger partial charge in [0.2, 0.25) is 0 Å². The summed E-state index contributed by atoms with van der Waals surface area (Å²) >= 11 is 1.59. The summed E-state index contributed by atoms with van der Waals surface area (Å²) in [5, 5.41) is 4.16. The lowest BCUT2D eigenvalue weighted by Crippen LogP contribution is -2.25. The van der Waals surface area contributed by atoms with Gasteiger partial charge >= 0.3 is 0 Å². The van der Waals surface area contributed by atoms with Crippen LogP contribution in [0.25, 0.3) is 10.4 Å². The third kappa shape index (κ3) is 3.01. The lowest BCUT2D eigenvalue weighted by molar-refractivity contribution is 0.0790. The minimum atomic E-state index is 0.0586. The zero-order valence-corrected chi connectivity index (χ0v) is 16.0. The van der Waals surface area contributed by atoms with Crippen molar-refractivity contribution < 1.29 is 9.53 Å². The van der Waals surface area contributed by atoms with E-state index >= 15 is 0 Å². The van der Waals surface area contributed by atoms with Crippen LogP contribution in [0.5, 0.6) is 5.75 Å². The van der Waals surface area contributed by atoms with E-state index in [4.69, 9.17) is 4.74 Å². The van der Waals surface area contributed by atoms with Crippen LogP contribution in [-0.4, -0.2) is 34.7 Å². The fraction of sp³-hybridized carbons (Fsp3) is 0.300. The van der Waals surface area contributed by atoms with Crippen LogP contribution in [0.4, 0.5) is 0 Å². The highest BCUT2D eigenvalue weighted by molar-refractivity contribution is 7.17. The minimum absolute atomic E-state index is 0.0586. The highest BCUT2D eigenvalue weighted by atomic mass is 32.1. The van der Waals surface area contributed by atoms with E-state index in [9.17, 15) is 4.79 Å². The summed E-state index contributed by atoms with van der Waals surface area (Å²) < 4.78 is 7.09. The second-order valence-corrected chi connectivity index (χ2v) is 7.72. The van der Waals surface area contributed by atoms with E-state index in [0.29, 0.717) is 6.54 Å². The molecule has 0 N–H and O–H groups in total. The normalized spacial score (nSPS) is 12.4. The molecule has 1 aromatic carbocycles. The van der Waals surface area contributed by atoms with Crippen LogP contribution in [0.15, 0.2) is 36.7 Å². The number of methoxy groups -OCH3 is 1. The fourth-order valence-electron chi connectivity index (χ4n) is 3.43. The molecule has 0 saturated heterocycles. The number of benzene rings is 1. The smallest absolute Gasteiger partial charge is 0.263 e. The molecule has 0 aliphatic heterocycles. The van der Waals surface area contributed by atoms with Crippen LogP contribution in [0.1, 0.15) is 26.4 Å². The van der Waals surface area contributed by atoms with Crippen LogP contribution >= 0.6 is 11.3 Å². The molecular weight excluding hydrogens is 346 g/mol. The van der Waals surface area contributed by atoms with Gasteiger partial charge in [0.25, 0.3) is 5.91 Å². The number of hydrogen-bond acceptors (Lipinski definition) is 4. The second kappa shape index (κ2) is 6.61. The second-order valence-electron chi connectivity index (χ2n) is 6.67. The van der Waals surface area contributed by atoms with Gasteiger partial charge in [-0.15, -0.1) is 11.3 Å². The number of rotatable bonds is 4. The third-order valence-corrected chi connectivity index (χ3v) is 5.96. The molecule has 26 heavy (non-hydrogen) atoms. The first-order valence-electron chi connectivity index (χ1n) is 8.58. The first-order chi connectivity index (χ1) is 12.5. The SMILES string of the molecule is COc1ccc2c(c1)CCc1cc(C(=O)N(C)Cc3cnn(C)c3)sc1-2. The summed E-state index contributed by atoms with van der Waals surface area (Å²) in [6.07, 6.45) is 5.68. The summed E-state index contributed by atoms with van der Waals surface area (Å²) in [5.74, 6) is 0.944. The quantitative estimate of drug-likeness (QED) is 0.709. The number of thiophene rings is 1. The van der Waals surface area contributed by atoms with Crippen LogP contribution in [0.2, 0.25) is 0 Å². The van der Waals surface area contributed by atoms with Crippen molar-refractivity contribution in [1.29, 1.82) is 0 Å². The first kappa shape index (κ1) is 16.8. The topological polar surface area (TPSA) is 47.4 Å². The third-order valence-electron chi connectivity index (χ3n) is 4.77. The van der Waals surface area contributed by atoms with Crippen LogP contribution in [-0.2, 0) is 26.4 Å². The van der Waals surface area contributed by atoms with E-state index in [0.717, 1.165) is 29.0 Å². The number of carbonyl (C=O) groups is 1. The molecule has 0 bridgehead atoms. The summed E-state index contributed by atoms with van der Waals surface area (Å²) in [7, 11) is 5.41. The van der Waals surface area contributed by atoms with Gasteiger partial charge in [-0.05, 0) is 53.8 Å². The van der Waals surface area contributed by atoms with Crippen molar-refractivity contribution in [3.05, 3.63) is 58.2 Å². The van der Waals surface area contributed by atoms with Crippen LogP contribution < -0.4 is 4.74 Å². The van der Waals surface area contributed by atoms with Gasteiger partial charge in [-0.3, -0.25) is 9.48 Å². The molecule has 0 radical (unpaired) electrons. The Bertz CT molecular complexity index is 973. The number of aromatic nitrogens is 2. The predicted octanol–water partition coefficient (Wildman–Crippen LogP) is 3.53. The Morgan fingerprint density at radius 3 is 2.85 bits per heavy atom. The van der Waals surface area contributed by atoms with Crippen LogP contribution in [0, 0.1) is 0 Å². The number of nitrogens with zero attached hydrogens (tertiary/aromatic N) is 3. The molecule has 0 fully saturated rings. The van der Waals surface area contributed by atoms with Crippen molar-refractivity contribution in [2.24, 2.45) is 7.05 Å². The maximum Gasteiger partial charge on any atom is 0.263 e. The van der Waals surface area contributed by atoms with Crippen molar-refractivity contribution in [2.75, 3.05) is 14.2 Å². The van der Waals surface area contributed by atoms with Crippen molar-refractivity contribution >= 4 is 17.2 Å². The Morgan fingerprint density at radius 1 is 1.31 bits per heavy atom. The molecule has 2 heterocycles. The Labute approximate surface area is 156 Å². The van der Waals surface area contributed by atoms with Gasteiger partial charge in [-0.25, -0.2) is 0 Å². The number of carbonyl (C=O) groups excluding carboxylic acids is 1. The summed E-state index contributed by atoms with van der Waals surface area (Å²) in [5.41, 5.74) is 4.82. The van der Waals surface area contributed by atoms with Crippen LogP contribution in [0.3, 0.4) is 0 Å². The van der Waals surface area contributed by atoms with Crippen molar-refractivity contribution in [2.45, 2.75) is 19.4 Å². The van der Waals surface area contributed by atoms with E-state index < -0.39 is 0 Å². The molecular formula is C20H21N3O2S. The lowest BCUT2D eigenvalue weighted by Gasteiger charge is -2.16. The lowest BCUT2D eigenvalue weighted by atomic mass is 9.91. The van der Waals surface area contributed by atoms with E-state index in [1.807, 2.05) is 26.4 Å². The molecule has 134 valence electrons. The zero-order chi connectivity index (χ0) is 18.3. The van der Waals surface area contributed by atoms with Crippen molar-refractivity contribution in [1.82, 2.24) is 14.7 Å². The fourth-order valence-corrected chi connectivity index (χ4v) is 4.70. The zero-order valence-electron chi connectivity index (χ0n) is 15.2. The molecule has 1 aliphatic carbocycles. The maximum absolute atomic E-state index is 12.9. The van der Waals surface area contributed by atoms with Crippen molar-refractivity contribution in [3.8, 4) is 16.2 Å². The Morgan fingerprint density at radius 2 is 2.12 bits per heavy atom. The number of hydrogen-bond donors (Lipinski definition) is 0. The molecule has 5 nitrogen and oxygen atoms in total. The van der Waals surface area contributed by atoms with Gasteiger partial charge in [0, 0.05) is 37.3 Å². The van der Waals surface area contributed by atoms with E-state index in [2.05, 4.69) is 23.3 Å². The highest BCUT2D eigenvalue weighted by Crippen LogP contribution is 2.41. The summed E-state index contributed by atoms with van der Waals surface area (Å²) in [6.45, 7) is 0.559. The molecule has 0 unspecified atom stereocenters. The Balaban J connectivity index is 1.59. The highest BCUT2D eigenvalue weighted by Gasteiger charge is 2.23. The number of aryl methyl sites for hydroxylation is 3. The number of ether oxygens (including phenoxy) is 1. The van der Waals surface area contributed by atoms with Gasteiger partial charge in [0.15, 0.2) is 0 Å². The molecule has 4 rings (SSSR count). The van der Waals surface area contributed by atoms with Gasteiger partial charge in [-0.1, -0.05) is 0 Å². The summed E-state index contributed by atoms with van der Waals surface area (Å²) in [4.78, 5) is 16.6. The average Bonchev–Trinajstić information content (AvgIpc) is 3.26. The van der Waals surface area contributed by atoms with E-state index in [1.165, 1.54) is 21.6 Å². The molecule has 1 aliphatic rings. The molecule has 0 saturated carbocycles.